The first-order valence-corrected chi connectivity index (χ1v) is 4.82. The van der Waals surface area contributed by atoms with Crippen LogP contribution in [0.2, 0.25) is 0 Å². The minimum absolute atomic E-state index is 0.488. The second-order valence-electron chi connectivity index (χ2n) is 2.85. The molecule has 1 aromatic heterocycles. The fraction of sp³-hybridized carbons (Fsp3) is 0.100. The van der Waals surface area contributed by atoms with Gasteiger partial charge >= 0.3 is 5.82 Å². The average molecular weight is 255 g/mol. The predicted octanol–water partition coefficient (Wildman–Crippen LogP) is 2.97. The van der Waals surface area contributed by atoms with Crippen LogP contribution in [0.25, 0.3) is 11.3 Å². The maximum Gasteiger partial charge on any atom is 0.519 e. The summed E-state index contributed by atoms with van der Waals surface area (Å²) in [6.45, 7) is 1.70. The van der Waals surface area contributed by atoms with Gasteiger partial charge in [-0.15, -0.1) is 0 Å². The molecule has 2 aromatic rings. The Labute approximate surface area is 88.5 Å². The van der Waals surface area contributed by atoms with Crippen molar-refractivity contribution in [2.75, 3.05) is 0 Å². The number of rotatable bonds is 1. The summed E-state index contributed by atoms with van der Waals surface area (Å²) in [5.74, 6) is 0.320. The van der Waals surface area contributed by atoms with E-state index >= 15 is 0 Å². The zero-order valence-corrected chi connectivity index (χ0v) is 9.00. The first kappa shape index (κ1) is 9.27. The van der Waals surface area contributed by atoms with Crippen molar-refractivity contribution in [2.24, 2.45) is 0 Å². The van der Waals surface area contributed by atoms with Crippen LogP contribution in [0.15, 0.2) is 42.4 Å². The summed E-state index contributed by atoms with van der Waals surface area (Å²) in [6.07, 6.45) is 0. The lowest BCUT2D eigenvalue weighted by Gasteiger charge is -1.95. The van der Waals surface area contributed by atoms with Crippen LogP contribution in [0.5, 0.6) is 0 Å². The fourth-order valence-electron chi connectivity index (χ4n) is 1.21. The minimum atomic E-state index is -0.666. The molecule has 0 aliphatic carbocycles. The maximum absolute atomic E-state index is 10.8. The monoisotopic (exact) mass is 254 g/mol. The lowest BCUT2D eigenvalue weighted by molar-refractivity contribution is 0.381. The Hall–Kier alpha value is -1.29. The van der Waals surface area contributed by atoms with Crippen LogP contribution in [-0.4, -0.2) is 0 Å². The van der Waals surface area contributed by atoms with Gasteiger partial charge in [-0.05, 0) is 31.2 Å². The number of hydrogen-bond acceptors (Lipinski definition) is 3. The minimum Gasteiger partial charge on any atom is -0.396 e. The topological polar surface area (TPSA) is 43.4 Å². The van der Waals surface area contributed by atoms with Crippen molar-refractivity contribution in [3.8, 4) is 11.3 Å². The van der Waals surface area contributed by atoms with E-state index in [1.165, 1.54) is 0 Å². The molecule has 0 spiro atoms. The molecule has 3 nitrogen and oxygen atoms in total. The van der Waals surface area contributed by atoms with Crippen LogP contribution in [0.3, 0.4) is 0 Å². The van der Waals surface area contributed by atoms with Crippen LogP contribution >= 0.6 is 15.9 Å². The summed E-state index contributed by atoms with van der Waals surface area (Å²) in [6, 6.07) is 7.46. The van der Waals surface area contributed by atoms with Crippen LogP contribution in [0, 0.1) is 6.92 Å². The molecule has 0 atom stereocenters. The maximum atomic E-state index is 10.8. The van der Waals surface area contributed by atoms with E-state index in [9.17, 15) is 4.79 Å². The smallest absolute Gasteiger partial charge is 0.396 e. The molecule has 14 heavy (non-hydrogen) atoms. The van der Waals surface area contributed by atoms with Crippen molar-refractivity contribution in [2.45, 2.75) is 6.92 Å². The molecule has 1 heterocycles. The van der Waals surface area contributed by atoms with Crippen molar-refractivity contribution in [1.82, 2.24) is 0 Å². The highest BCUT2D eigenvalue weighted by Crippen LogP contribution is 2.23. The molecule has 0 saturated heterocycles. The van der Waals surface area contributed by atoms with Crippen LogP contribution < -0.4 is 5.82 Å². The molecule has 0 saturated carbocycles. The number of hydrogen-bond donors (Lipinski definition) is 0. The van der Waals surface area contributed by atoms with E-state index in [0.717, 1.165) is 10.0 Å². The number of halogens is 1. The van der Waals surface area contributed by atoms with Gasteiger partial charge < -0.3 is 8.83 Å². The molecule has 0 N–H and O–H groups in total. The molecule has 0 amide bonds. The molecule has 0 unspecified atom stereocenters. The molecule has 0 aliphatic rings. The fourth-order valence-corrected chi connectivity index (χ4v) is 1.48. The molecule has 0 aliphatic heterocycles. The SMILES string of the molecule is Cc1oc(=O)oc1-c1ccc(Br)cc1. The van der Waals surface area contributed by atoms with E-state index < -0.39 is 5.82 Å². The molecule has 0 bridgehead atoms. The van der Waals surface area contributed by atoms with Gasteiger partial charge in [0, 0.05) is 10.0 Å². The Morgan fingerprint density at radius 3 is 2.29 bits per heavy atom. The summed E-state index contributed by atoms with van der Waals surface area (Å²) in [5.41, 5.74) is 0.830. The van der Waals surface area contributed by atoms with Crippen molar-refractivity contribution >= 4 is 15.9 Å². The van der Waals surface area contributed by atoms with Crippen LogP contribution in [0.1, 0.15) is 5.76 Å². The summed E-state index contributed by atoms with van der Waals surface area (Å²) < 4.78 is 10.6. The van der Waals surface area contributed by atoms with E-state index in [1.807, 2.05) is 24.3 Å². The van der Waals surface area contributed by atoms with Crippen LogP contribution in [0.4, 0.5) is 0 Å². The normalized spacial score (nSPS) is 10.4. The quantitative estimate of drug-likeness (QED) is 0.786. The second-order valence-corrected chi connectivity index (χ2v) is 3.76. The zero-order chi connectivity index (χ0) is 10.1. The van der Waals surface area contributed by atoms with Gasteiger partial charge in [0.25, 0.3) is 0 Å². The van der Waals surface area contributed by atoms with Crippen LogP contribution in [-0.2, 0) is 0 Å². The van der Waals surface area contributed by atoms with Gasteiger partial charge in [-0.25, -0.2) is 4.79 Å². The molecule has 72 valence electrons. The number of aryl methyl sites for hydroxylation is 1. The van der Waals surface area contributed by atoms with Gasteiger partial charge in [0.15, 0.2) is 11.5 Å². The Morgan fingerprint density at radius 1 is 1.14 bits per heavy atom. The molecule has 2 rings (SSSR count). The molecule has 1 aromatic carbocycles. The van der Waals surface area contributed by atoms with Crippen molar-refractivity contribution in [3.05, 3.63) is 45.1 Å². The zero-order valence-electron chi connectivity index (χ0n) is 7.41. The summed E-state index contributed by atoms with van der Waals surface area (Å²) in [5, 5.41) is 0. The summed E-state index contributed by atoms with van der Waals surface area (Å²) >= 11 is 3.33. The lowest BCUT2D eigenvalue weighted by atomic mass is 10.1. The van der Waals surface area contributed by atoms with Crippen molar-refractivity contribution in [1.29, 1.82) is 0 Å². The van der Waals surface area contributed by atoms with E-state index in [4.69, 9.17) is 8.83 Å². The van der Waals surface area contributed by atoms with Crippen molar-refractivity contribution < 1.29 is 8.83 Å². The van der Waals surface area contributed by atoms with E-state index in [1.54, 1.807) is 6.92 Å². The molecular formula is C10H7BrO3. The molecule has 4 heteroatoms. The van der Waals surface area contributed by atoms with Gasteiger partial charge in [0.1, 0.15) is 0 Å². The van der Waals surface area contributed by atoms with Gasteiger partial charge in [0.05, 0.1) is 0 Å². The van der Waals surface area contributed by atoms with Gasteiger partial charge in [-0.1, -0.05) is 15.9 Å². The third-order valence-corrected chi connectivity index (χ3v) is 2.38. The highest BCUT2D eigenvalue weighted by atomic mass is 79.9. The highest BCUT2D eigenvalue weighted by Gasteiger charge is 2.09. The van der Waals surface area contributed by atoms with E-state index in [0.29, 0.717) is 11.5 Å². The third kappa shape index (κ3) is 1.65. The molecule has 0 radical (unpaired) electrons. The largest absolute Gasteiger partial charge is 0.519 e. The first-order valence-electron chi connectivity index (χ1n) is 4.03. The average Bonchev–Trinajstić information content (AvgIpc) is 2.47. The lowest BCUT2D eigenvalue weighted by Crippen LogP contribution is -1.85. The molecule has 0 fully saturated rings. The Morgan fingerprint density at radius 2 is 1.79 bits per heavy atom. The van der Waals surface area contributed by atoms with Gasteiger partial charge in [-0.3, -0.25) is 0 Å². The summed E-state index contributed by atoms with van der Waals surface area (Å²) in [7, 11) is 0. The first-order chi connectivity index (χ1) is 6.66. The number of benzene rings is 1. The Kier molecular flexibility index (Phi) is 2.29. The Balaban J connectivity index is 2.54. The predicted molar refractivity (Wildman–Crippen MR) is 55.1 cm³/mol. The third-order valence-electron chi connectivity index (χ3n) is 1.85. The standard InChI is InChI=1S/C10H7BrO3/c1-6-9(14-10(12)13-6)7-2-4-8(11)5-3-7/h2-5H,1H3. The van der Waals surface area contributed by atoms with Gasteiger partial charge in [-0.2, -0.15) is 0 Å². The summed E-state index contributed by atoms with van der Waals surface area (Å²) in [4.78, 5) is 10.8. The van der Waals surface area contributed by atoms with E-state index in [2.05, 4.69) is 15.9 Å². The Bertz CT molecular complexity index is 493. The van der Waals surface area contributed by atoms with Gasteiger partial charge in [0.2, 0.25) is 0 Å². The molecular weight excluding hydrogens is 248 g/mol. The van der Waals surface area contributed by atoms with E-state index in [-0.39, 0.29) is 0 Å². The second kappa shape index (κ2) is 3.46. The van der Waals surface area contributed by atoms with Crippen molar-refractivity contribution in [3.63, 3.8) is 0 Å². The highest BCUT2D eigenvalue weighted by molar-refractivity contribution is 9.10.